The summed E-state index contributed by atoms with van der Waals surface area (Å²) in [5.74, 6) is 1.42. The van der Waals surface area contributed by atoms with E-state index in [1.165, 1.54) is 37.1 Å². The number of nitrogens with two attached hydrogens (primary N) is 1. The van der Waals surface area contributed by atoms with E-state index in [1.54, 1.807) is 7.11 Å². The first-order valence-electron chi connectivity index (χ1n) is 7.27. The molecule has 0 amide bonds. The highest BCUT2D eigenvalue weighted by atomic mass is 16.5. The van der Waals surface area contributed by atoms with Gasteiger partial charge in [0.2, 0.25) is 0 Å². The molecule has 19 heavy (non-hydrogen) atoms. The van der Waals surface area contributed by atoms with Crippen molar-refractivity contribution in [2.75, 3.05) is 26.7 Å². The monoisotopic (exact) mass is 262 g/mol. The Morgan fingerprint density at radius 1 is 1.26 bits per heavy atom. The predicted octanol–water partition coefficient (Wildman–Crippen LogP) is 2.91. The molecule has 3 heteroatoms. The molecule has 1 unspecified atom stereocenters. The van der Waals surface area contributed by atoms with Crippen LogP contribution in [0, 0.1) is 0 Å². The van der Waals surface area contributed by atoms with Crippen LogP contribution in [0.15, 0.2) is 18.2 Å². The van der Waals surface area contributed by atoms with Gasteiger partial charge in [-0.25, -0.2) is 0 Å². The number of rotatable bonds is 5. The van der Waals surface area contributed by atoms with Gasteiger partial charge >= 0.3 is 0 Å². The van der Waals surface area contributed by atoms with Gasteiger partial charge in [0.15, 0.2) is 0 Å². The van der Waals surface area contributed by atoms with Crippen molar-refractivity contribution in [3.63, 3.8) is 0 Å². The first-order chi connectivity index (χ1) is 9.11. The molecule has 0 aliphatic carbocycles. The minimum Gasteiger partial charge on any atom is -0.496 e. The average Bonchev–Trinajstić information content (AvgIpc) is 2.90. The third-order valence-corrected chi connectivity index (χ3v) is 3.96. The van der Waals surface area contributed by atoms with Crippen LogP contribution in [-0.4, -0.2) is 31.6 Å². The Kier molecular flexibility index (Phi) is 4.83. The topological polar surface area (TPSA) is 38.5 Å². The second-order valence-electron chi connectivity index (χ2n) is 5.77. The molecule has 1 aromatic carbocycles. The molecule has 0 bridgehead atoms. The van der Waals surface area contributed by atoms with E-state index in [1.807, 2.05) is 0 Å². The standard InChI is InChI=1S/C16H26N2O/c1-12(2)14-10-13(6-7-16(14)19-3)15(17)11-18-8-4-5-9-18/h6-7,10,12,15H,4-5,8-9,11,17H2,1-3H3. The van der Waals surface area contributed by atoms with Gasteiger partial charge in [0.05, 0.1) is 7.11 Å². The zero-order chi connectivity index (χ0) is 13.8. The Labute approximate surface area is 116 Å². The molecule has 0 spiro atoms. The average molecular weight is 262 g/mol. The quantitative estimate of drug-likeness (QED) is 0.886. The third kappa shape index (κ3) is 3.48. The van der Waals surface area contributed by atoms with Gasteiger partial charge in [0.25, 0.3) is 0 Å². The van der Waals surface area contributed by atoms with Gasteiger partial charge in [-0.05, 0) is 49.0 Å². The number of benzene rings is 1. The van der Waals surface area contributed by atoms with Gasteiger partial charge in [-0.2, -0.15) is 0 Å². The third-order valence-electron chi connectivity index (χ3n) is 3.96. The van der Waals surface area contributed by atoms with Crippen LogP contribution >= 0.6 is 0 Å². The molecule has 106 valence electrons. The van der Waals surface area contributed by atoms with Crippen molar-refractivity contribution < 1.29 is 4.74 Å². The molecule has 1 aromatic rings. The van der Waals surface area contributed by atoms with Crippen LogP contribution in [0.3, 0.4) is 0 Å². The maximum atomic E-state index is 6.35. The molecule has 1 aliphatic rings. The van der Waals surface area contributed by atoms with Gasteiger partial charge < -0.3 is 15.4 Å². The normalized spacial score (nSPS) is 17.9. The van der Waals surface area contributed by atoms with E-state index in [9.17, 15) is 0 Å². The van der Waals surface area contributed by atoms with Crippen molar-refractivity contribution in [1.82, 2.24) is 4.90 Å². The molecule has 0 radical (unpaired) electrons. The van der Waals surface area contributed by atoms with Crippen LogP contribution in [0.1, 0.15) is 49.8 Å². The summed E-state index contributed by atoms with van der Waals surface area (Å²) in [6.45, 7) is 7.73. The Bertz CT molecular complexity index is 411. The Morgan fingerprint density at radius 3 is 2.53 bits per heavy atom. The molecule has 1 fully saturated rings. The minimum absolute atomic E-state index is 0.0986. The largest absolute Gasteiger partial charge is 0.496 e. The van der Waals surface area contributed by atoms with E-state index in [0.29, 0.717) is 5.92 Å². The molecular formula is C16H26N2O. The smallest absolute Gasteiger partial charge is 0.122 e. The maximum absolute atomic E-state index is 6.35. The summed E-state index contributed by atoms with van der Waals surface area (Å²) in [4.78, 5) is 2.46. The van der Waals surface area contributed by atoms with Crippen molar-refractivity contribution >= 4 is 0 Å². The van der Waals surface area contributed by atoms with E-state index in [2.05, 4.69) is 36.9 Å². The second-order valence-corrected chi connectivity index (χ2v) is 5.77. The number of nitrogens with zero attached hydrogens (tertiary/aromatic N) is 1. The molecule has 1 heterocycles. The Morgan fingerprint density at radius 2 is 1.95 bits per heavy atom. The van der Waals surface area contributed by atoms with Gasteiger partial charge in [-0.1, -0.05) is 26.0 Å². The minimum atomic E-state index is 0.0986. The van der Waals surface area contributed by atoms with Crippen molar-refractivity contribution in [3.05, 3.63) is 29.3 Å². The Balaban J connectivity index is 2.12. The van der Waals surface area contributed by atoms with Crippen LogP contribution in [0.25, 0.3) is 0 Å². The highest BCUT2D eigenvalue weighted by Crippen LogP contribution is 2.29. The lowest BCUT2D eigenvalue weighted by Crippen LogP contribution is -2.29. The number of hydrogen-bond acceptors (Lipinski definition) is 3. The second kappa shape index (κ2) is 6.40. The zero-order valence-electron chi connectivity index (χ0n) is 12.4. The van der Waals surface area contributed by atoms with Gasteiger partial charge in [0, 0.05) is 12.6 Å². The van der Waals surface area contributed by atoms with E-state index in [0.717, 1.165) is 12.3 Å². The van der Waals surface area contributed by atoms with Crippen LogP contribution in [-0.2, 0) is 0 Å². The molecular weight excluding hydrogens is 236 g/mol. The lowest BCUT2D eigenvalue weighted by Gasteiger charge is -2.22. The van der Waals surface area contributed by atoms with E-state index >= 15 is 0 Å². The first-order valence-corrected chi connectivity index (χ1v) is 7.27. The maximum Gasteiger partial charge on any atom is 0.122 e. The molecule has 2 N–H and O–H groups in total. The zero-order valence-corrected chi connectivity index (χ0v) is 12.4. The van der Waals surface area contributed by atoms with Crippen LogP contribution in [0.2, 0.25) is 0 Å². The summed E-state index contributed by atoms with van der Waals surface area (Å²) in [5, 5.41) is 0. The highest BCUT2D eigenvalue weighted by Gasteiger charge is 2.17. The molecule has 1 saturated heterocycles. The number of ether oxygens (including phenoxy) is 1. The lowest BCUT2D eigenvalue weighted by molar-refractivity contribution is 0.316. The van der Waals surface area contributed by atoms with Gasteiger partial charge in [0.1, 0.15) is 5.75 Å². The van der Waals surface area contributed by atoms with Gasteiger partial charge in [-0.15, -0.1) is 0 Å². The number of likely N-dealkylation sites (tertiary alicyclic amines) is 1. The van der Waals surface area contributed by atoms with Crippen LogP contribution < -0.4 is 10.5 Å². The Hall–Kier alpha value is -1.06. The van der Waals surface area contributed by atoms with Crippen molar-refractivity contribution in [2.24, 2.45) is 5.73 Å². The summed E-state index contributed by atoms with van der Waals surface area (Å²) in [7, 11) is 1.73. The summed E-state index contributed by atoms with van der Waals surface area (Å²) in [5.41, 5.74) is 8.82. The molecule has 2 rings (SSSR count). The molecule has 1 atom stereocenters. The SMILES string of the molecule is COc1ccc(C(N)CN2CCCC2)cc1C(C)C. The molecule has 0 saturated carbocycles. The van der Waals surface area contributed by atoms with Crippen molar-refractivity contribution in [2.45, 2.75) is 38.6 Å². The summed E-state index contributed by atoms with van der Waals surface area (Å²) in [6.07, 6.45) is 2.62. The summed E-state index contributed by atoms with van der Waals surface area (Å²) < 4.78 is 5.42. The fraction of sp³-hybridized carbons (Fsp3) is 0.625. The lowest BCUT2D eigenvalue weighted by atomic mass is 9.96. The highest BCUT2D eigenvalue weighted by molar-refractivity contribution is 5.40. The molecule has 0 aromatic heterocycles. The van der Waals surface area contributed by atoms with Crippen molar-refractivity contribution in [1.29, 1.82) is 0 Å². The van der Waals surface area contributed by atoms with E-state index < -0.39 is 0 Å². The van der Waals surface area contributed by atoms with E-state index in [-0.39, 0.29) is 6.04 Å². The van der Waals surface area contributed by atoms with Crippen LogP contribution in [0.4, 0.5) is 0 Å². The fourth-order valence-electron chi connectivity index (χ4n) is 2.78. The molecule has 1 aliphatic heterocycles. The van der Waals surface area contributed by atoms with Crippen molar-refractivity contribution in [3.8, 4) is 5.75 Å². The van der Waals surface area contributed by atoms with E-state index in [4.69, 9.17) is 10.5 Å². The van der Waals surface area contributed by atoms with Crippen LogP contribution in [0.5, 0.6) is 5.75 Å². The fourth-order valence-corrected chi connectivity index (χ4v) is 2.78. The number of hydrogen-bond donors (Lipinski definition) is 1. The predicted molar refractivity (Wildman–Crippen MR) is 79.7 cm³/mol. The van der Waals surface area contributed by atoms with Gasteiger partial charge in [-0.3, -0.25) is 0 Å². The summed E-state index contributed by atoms with van der Waals surface area (Å²) in [6, 6.07) is 6.46. The molecule has 3 nitrogen and oxygen atoms in total. The summed E-state index contributed by atoms with van der Waals surface area (Å²) >= 11 is 0. The first kappa shape index (κ1) is 14.4. The number of methoxy groups -OCH3 is 1.